The average Bonchev–Trinajstić information content (AvgIpc) is 3.43. The number of benzene rings is 2. The summed E-state index contributed by atoms with van der Waals surface area (Å²) in [5, 5.41) is 11.5. The van der Waals surface area contributed by atoms with Crippen molar-refractivity contribution in [2.24, 2.45) is 0 Å². The van der Waals surface area contributed by atoms with Crippen molar-refractivity contribution in [1.82, 2.24) is 15.1 Å². The maximum atomic E-state index is 13.3. The van der Waals surface area contributed by atoms with Gasteiger partial charge in [0.25, 0.3) is 5.91 Å². The van der Waals surface area contributed by atoms with E-state index in [0.717, 1.165) is 22.5 Å². The van der Waals surface area contributed by atoms with Gasteiger partial charge in [-0.15, -0.1) is 0 Å². The third-order valence-electron chi connectivity index (χ3n) is 5.02. The van der Waals surface area contributed by atoms with Crippen LogP contribution in [0.25, 0.3) is 11.3 Å². The molecule has 5 rings (SSSR count). The number of aromatic nitrogens is 2. The van der Waals surface area contributed by atoms with E-state index in [0.29, 0.717) is 22.9 Å². The number of carbonyl (C=O) groups is 1. The second-order valence-corrected chi connectivity index (χ2v) is 7.25. The lowest BCUT2D eigenvalue weighted by Crippen LogP contribution is -2.42. The zero-order valence-electron chi connectivity index (χ0n) is 15.3. The fraction of sp³-hybridized carbons (Fsp3) is 0.0909. The van der Waals surface area contributed by atoms with Gasteiger partial charge in [-0.05, 0) is 36.4 Å². The van der Waals surface area contributed by atoms with Crippen LogP contribution in [-0.4, -0.2) is 21.0 Å². The van der Waals surface area contributed by atoms with Crippen molar-refractivity contribution < 1.29 is 9.21 Å². The number of nitrogens with one attached hydrogen (secondary N) is 2. The number of para-hydroxylation sites is 1. The van der Waals surface area contributed by atoms with Crippen LogP contribution in [-0.2, 0) is 6.54 Å². The molecule has 3 heterocycles. The maximum absolute atomic E-state index is 13.3. The summed E-state index contributed by atoms with van der Waals surface area (Å²) in [5.41, 5.74) is 4.05. The minimum absolute atomic E-state index is 0.0657. The Balaban J connectivity index is 1.59. The SMILES string of the molecule is O=C1c2ccccc2N[C@@H](c2cn[nH]c2-c2ccc(Cl)cc2)N1Cc1ccco1. The Morgan fingerprint density at radius 1 is 1.07 bits per heavy atom. The number of H-pyrrole nitrogens is 1. The molecule has 0 bridgehead atoms. The van der Waals surface area contributed by atoms with Crippen molar-refractivity contribution in [3.8, 4) is 11.3 Å². The van der Waals surface area contributed by atoms with E-state index in [9.17, 15) is 4.79 Å². The molecule has 0 saturated carbocycles. The van der Waals surface area contributed by atoms with Crippen LogP contribution in [0.15, 0.2) is 77.5 Å². The maximum Gasteiger partial charge on any atom is 0.258 e. The van der Waals surface area contributed by atoms with Gasteiger partial charge in [-0.3, -0.25) is 9.89 Å². The molecule has 0 radical (unpaired) electrons. The molecule has 7 heteroatoms. The molecule has 144 valence electrons. The van der Waals surface area contributed by atoms with Crippen LogP contribution in [0.1, 0.15) is 27.8 Å². The average molecular weight is 405 g/mol. The van der Waals surface area contributed by atoms with Gasteiger partial charge in [0.2, 0.25) is 0 Å². The fourth-order valence-electron chi connectivity index (χ4n) is 3.62. The third kappa shape index (κ3) is 3.17. The van der Waals surface area contributed by atoms with Gasteiger partial charge in [0.05, 0.1) is 30.3 Å². The molecule has 0 fully saturated rings. The van der Waals surface area contributed by atoms with Crippen LogP contribution in [0.2, 0.25) is 5.02 Å². The smallest absolute Gasteiger partial charge is 0.258 e. The number of aromatic amines is 1. The van der Waals surface area contributed by atoms with Crippen LogP contribution >= 0.6 is 11.6 Å². The molecule has 0 aliphatic carbocycles. The fourth-order valence-corrected chi connectivity index (χ4v) is 3.75. The van der Waals surface area contributed by atoms with Gasteiger partial charge < -0.3 is 14.6 Å². The van der Waals surface area contributed by atoms with Gasteiger partial charge >= 0.3 is 0 Å². The predicted molar refractivity (Wildman–Crippen MR) is 110 cm³/mol. The van der Waals surface area contributed by atoms with Crippen molar-refractivity contribution in [2.45, 2.75) is 12.7 Å². The number of rotatable bonds is 4. The van der Waals surface area contributed by atoms with E-state index in [1.165, 1.54) is 0 Å². The van der Waals surface area contributed by atoms with E-state index in [4.69, 9.17) is 16.0 Å². The molecule has 0 unspecified atom stereocenters. The molecule has 0 spiro atoms. The van der Waals surface area contributed by atoms with Crippen LogP contribution in [0.3, 0.4) is 0 Å². The third-order valence-corrected chi connectivity index (χ3v) is 5.28. The first-order valence-electron chi connectivity index (χ1n) is 9.19. The molecule has 1 amide bonds. The Labute approximate surface area is 172 Å². The predicted octanol–water partition coefficient (Wildman–Crippen LogP) is 5.09. The normalized spacial score (nSPS) is 15.8. The number of furan rings is 1. The van der Waals surface area contributed by atoms with Crippen LogP contribution < -0.4 is 5.32 Å². The molecule has 1 aliphatic rings. The summed E-state index contributed by atoms with van der Waals surface area (Å²) in [4.78, 5) is 15.1. The number of fused-ring (bicyclic) bond motifs is 1. The zero-order valence-corrected chi connectivity index (χ0v) is 16.1. The summed E-state index contributed by atoms with van der Waals surface area (Å²) in [6.07, 6.45) is 2.95. The number of anilines is 1. The van der Waals surface area contributed by atoms with Gasteiger partial charge in [0, 0.05) is 21.8 Å². The molecule has 2 aromatic heterocycles. The summed E-state index contributed by atoms with van der Waals surface area (Å²) in [5.74, 6) is 0.644. The molecular formula is C22H17ClN4O2. The first kappa shape index (κ1) is 17.6. The van der Waals surface area contributed by atoms with Crippen molar-refractivity contribution in [2.75, 3.05) is 5.32 Å². The highest BCUT2D eigenvalue weighted by Gasteiger charge is 2.35. The number of nitrogens with zero attached hydrogens (tertiary/aromatic N) is 2. The molecule has 2 N–H and O–H groups in total. The molecule has 4 aromatic rings. The van der Waals surface area contributed by atoms with Crippen LogP contribution in [0, 0.1) is 0 Å². The molecular weight excluding hydrogens is 388 g/mol. The lowest BCUT2D eigenvalue weighted by atomic mass is 10.0. The van der Waals surface area contributed by atoms with Crippen molar-refractivity contribution in [3.05, 3.63) is 95.0 Å². The number of carbonyl (C=O) groups excluding carboxylic acids is 1. The number of amides is 1. The van der Waals surface area contributed by atoms with Crippen molar-refractivity contribution in [3.63, 3.8) is 0 Å². The summed E-state index contributed by atoms with van der Waals surface area (Å²) < 4.78 is 5.51. The highest BCUT2D eigenvalue weighted by molar-refractivity contribution is 6.30. The lowest BCUT2D eigenvalue weighted by Gasteiger charge is -2.37. The first-order chi connectivity index (χ1) is 14.2. The summed E-state index contributed by atoms with van der Waals surface area (Å²) in [6, 6.07) is 18.7. The minimum atomic E-state index is -0.410. The largest absolute Gasteiger partial charge is 0.467 e. The first-order valence-corrected chi connectivity index (χ1v) is 9.56. The quantitative estimate of drug-likeness (QED) is 0.497. The van der Waals surface area contributed by atoms with Crippen LogP contribution in [0.5, 0.6) is 0 Å². The van der Waals surface area contributed by atoms with E-state index in [1.807, 2.05) is 60.7 Å². The standard InChI is InChI=1S/C22H17ClN4O2/c23-15-9-7-14(8-10-15)20-18(12-24-26-20)21-25-19-6-2-1-5-17(19)22(28)27(21)13-16-4-3-11-29-16/h1-12,21,25H,13H2,(H,24,26)/t21-/m1/s1. The highest BCUT2D eigenvalue weighted by atomic mass is 35.5. The molecule has 1 aliphatic heterocycles. The zero-order chi connectivity index (χ0) is 19.8. The van der Waals surface area contributed by atoms with E-state index in [1.54, 1.807) is 17.4 Å². The highest BCUT2D eigenvalue weighted by Crippen LogP contribution is 2.37. The Kier molecular flexibility index (Phi) is 4.33. The molecule has 6 nitrogen and oxygen atoms in total. The number of hydrogen-bond acceptors (Lipinski definition) is 4. The molecule has 1 atom stereocenters. The van der Waals surface area contributed by atoms with Gasteiger partial charge in [0.1, 0.15) is 11.9 Å². The second-order valence-electron chi connectivity index (χ2n) is 6.81. The van der Waals surface area contributed by atoms with E-state index in [-0.39, 0.29) is 5.91 Å². The monoisotopic (exact) mass is 404 g/mol. The Bertz CT molecular complexity index is 1150. The number of halogens is 1. The van der Waals surface area contributed by atoms with Crippen LogP contribution in [0.4, 0.5) is 5.69 Å². The Hall–Kier alpha value is -3.51. The lowest BCUT2D eigenvalue weighted by molar-refractivity contribution is 0.0652. The second kappa shape index (κ2) is 7.14. The van der Waals surface area contributed by atoms with E-state index >= 15 is 0 Å². The topological polar surface area (TPSA) is 74.2 Å². The van der Waals surface area contributed by atoms with Crippen molar-refractivity contribution in [1.29, 1.82) is 0 Å². The van der Waals surface area contributed by atoms with E-state index < -0.39 is 6.17 Å². The molecule has 0 saturated heterocycles. The Morgan fingerprint density at radius 2 is 1.90 bits per heavy atom. The van der Waals surface area contributed by atoms with Crippen molar-refractivity contribution >= 4 is 23.2 Å². The molecule has 2 aromatic carbocycles. The van der Waals surface area contributed by atoms with Gasteiger partial charge in [-0.2, -0.15) is 5.10 Å². The Morgan fingerprint density at radius 3 is 2.69 bits per heavy atom. The summed E-state index contributed by atoms with van der Waals surface area (Å²) in [6.45, 7) is 0.336. The minimum Gasteiger partial charge on any atom is -0.467 e. The van der Waals surface area contributed by atoms with E-state index in [2.05, 4.69) is 15.5 Å². The number of hydrogen-bond donors (Lipinski definition) is 2. The summed E-state index contributed by atoms with van der Waals surface area (Å²) in [7, 11) is 0. The summed E-state index contributed by atoms with van der Waals surface area (Å²) >= 11 is 6.04. The molecule has 29 heavy (non-hydrogen) atoms. The van der Waals surface area contributed by atoms with Gasteiger partial charge in [-0.25, -0.2) is 0 Å². The van der Waals surface area contributed by atoms with Gasteiger partial charge in [-0.1, -0.05) is 35.9 Å². The van der Waals surface area contributed by atoms with Gasteiger partial charge in [0.15, 0.2) is 0 Å².